The van der Waals surface area contributed by atoms with Crippen LogP contribution < -0.4 is 0 Å². The molecule has 2 fully saturated rings. The zero-order valence-electron chi connectivity index (χ0n) is 14.0. The fourth-order valence-corrected chi connectivity index (χ4v) is 3.51. The van der Waals surface area contributed by atoms with Gasteiger partial charge in [-0.3, -0.25) is 14.5 Å². The van der Waals surface area contributed by atoms with Crippen LogP contribution in [0.4, 0.5) is 0 Å². The summed E-state index contributed by atoms with van der Waals surface area (Å²) >= 11 is 0. The monoisotopic (exact) mass is 343 g/mol. The molecule has 2 aromatic rings. The van der Waals surface area contributed by atoms with E-state index in [0.717, 1.165) is 12.8 Å². The van der Waals surface area contributed by atoms with Crippen LogP contribution >= 0.6 is 0 Å². The third-order valence-electron chi connectivity index (χ3n) is 4.71. The molecule has 0 saturated carbocycles. The average Bonchev–Trinajstić information content (AvgIpc) is 3.23. The molecule has 8 heteroatoms. The van der Waals surface area contributed by atoms with Crippen molar-refractivity contribution in [1.29, 1.82) is 0 Å². The van der Waals surface area contributed by atoms with Crippen molar-refractivity contribution in [2.45, 2.75) is 31.1 Å². The highest BCUT2D eigenvalue weighted by Gasteiger charge is 2.44. The zero-order valence-corrected chi connectivity index (χ0v) is 14.0. The second-order valence-electron chi connectivity index (χ2n) is 6.56. The molecular weight excluding hydrogens is 322 g/mol. The van der Waals surface area contributed by atoms with E-state index >= 15 is 0 Å². The Balaban J connectivity index is 1.46. The van der Waals surface area contributed by atoms with Crippen LogP contribution in [0.2, 0.25) is 0 Å². The van der Waals surface area contributed by atoms with Crippen LogP contribution in [0.5, 0.6) is 0 Å². The van der Waals surface area contributed by atoms with Crippen molar-refractivity contribution in [2.75, 3.05) is 26.3 Å². The molecular formula is C17H21N5O3. The summed E-state index contributed by atoms with van der Waals surface area (Å²) in [6.45, 7) is 2.77. The third-order valence-corrected chi connectivity index (χ3v) is 4.71. The summed E-state index contributed by atoms with van der Waals surface area (Å²) in [5, 5.41) is 4.24. The molecule has 4 rings (SSSR count). The van der Waals surface area contributed by atoms with Gasteiger partial charge in [-0.1, -0.05) is 0 Å². The van der Waals surface area contributed by atoms with Crippen LogP contribution in [-0.2, 0) is 16.0 Å². The van der Waals surface area contributed by atoms with Gasteiger partial charge in [-0.2, -0.15) is 5.10 Å². The van der Waals surface area contributed by atoms with Gasteiger partial charge in [0.25, 0.3) is 5.91 Å². The van der Waals surface area contributed by atoms with E-state index in [-0.39, 0.29) is 12.0 Å². The summed E-state index contributed by atoms with van der Waals surface area (Å²) in [6.07, 6.45) is 10.2. The van der Waals surface area contributed by atoms with Gasteiger partial charge < -0.3 is 14.4 Å². The van der Waals surface area contributed by atoms with E-state index in [9.17, 15) is 4.79 Å². The Kier molecular flexibility index (Phi) is 4.46. The fourth-order valence-electron chi connectivity index (χ4n) is 3.51. The lowest BCUT2D eigenvalue weighted by atomic mass is 10.00. The van der Waals surface area contributed by atoms with E-state index in [1.807, 2.05) is 16.9 Å². The summed E-state index contributed by atoms with van der Waals surface area (Å²) in [5.41, 5.74) is -0.0998. The number of aromatic nitrogens is 4. The number of hydrogen-bond acceptors (Lipinski definition) is 6. The highest BCUT2D eigenvalue weighted by atomic mass is 16.6. The number of hydrogen-bond donors (Lipinski definition) is 0. The third kappa shape index (κ3) is 3.54. The minimum atomic E-state index is -0.452. The molecule has 132 valence electrons. The first-order valence-electron chi connectivity index (χ1n) is 8.52. The molecule has 25 heavy (non-hydrogen) atoms. The molecule has 1 spiro atoms. The van der Waals surface area contributed by atoms with Crippen molar-refractivity contribution >= 4 is 5.91 Å². The lowest BCUT2D eigenvalue weighted by Crippen LogP contribution is -2.47. The van der Waals surface area contributed by atoms with Crippen LogP contribution in [0, 0.1) is 0 Å². The number of amides is 1. The van der Waals surface area contributed by atoms with E-state index in [0.29, 0.717) is 38.5 Å². The Bertz CT molecular complexity index is 708. The molecule has 2 aliphatic heterocycles. The summed E-state index contributed by atoms with van der Waals surface area (Å²) in [5.74, 6) is -0.128. The molecule has 0 N–H and O–H groups in total. The van der Waals surface area contributed by atoms with Crippen molar-refractivity contribution in [3.05, 3.63) is 42.7 Å². The maximum Gasteiger partial charge on any atom is 0.274 e. The predicted molar refractivity (Wildman–Crippen MR) is 87.8 cm³/mol. The molecule has 1 amide bonds. The smallest absolute Gasteiger partial charge is 0.274 e. The highest BCUT2D eigenvalue weighted by Crippen LogP contribution is 2.34. The van der Waals surface area contributed by atoms with Gasteiger partial charge in [0.1, 0.15) is 11.3 Å². The topological polar surface area (TPSA) is 82.4 Å². The van der Waals surface area contributed by atoms with Gasteiger partial charge in [-0.05, 0) is 18.9 Å². The first-order valence-corrected chi connectivity index (χ1v) is 8.52. The van der Waals surface area contributed by atoms with Crippen molar-refractivity contribution in [3.63, 3.8) is 0 Å². The normalized spacial score (nSPS) is 26.7. The Labute approximate surface area is 145 Å². The summed E-state index contributed by atoms with van der Waals surface area (Å²) in [7, 11) is 0. The second-order valence-corrected chi connectivity index (χ2v) is 6.56. The lowest BCUT2D eigenvalue weighted by molar-refractivity contribution is -0.0881. The van der Waals surface area contributed by atoms with Crippen LogP contribution in [0.1, 0.15) is 23.3 Å². The first-order chi connectivity index (χ1) is 12.2. The van der Waals surface area contributed by atoms with E-state index in [1.54, 1.807) is 17.3 Å². The van der Waals surface area contributed by atoms with Crippen molar-refractivity contribution in [3.8, 4) is 0 Å². The first kappa shape index (κ1) is 16.2. The fraction of sp³-hybridized carbons (Fsp3) is 0.529. The molecule has 0 bridgehead atoms. The van der Waals surface area contributed by atoms with Gasteiger partial charge in [0, 0.05) is 31.3 Å². The molecule has 2 unspecified atom stereocenters. The standard InChI is InChI=1S/C17H21N5O3/c23-16(15-10-18-5-6-19-15)21-8-9-24-13-17(12-21)3-2-14(25-17)11-22-7-1-4-20-22/h1,4-7,10,14H,2-3,8-9,11-13H2. The highest BCUT2D eigenvalue weighted by molar-refractivity contribution is 5.92. The van der Waals surface area contributed by atoms with Crippen molar-refractivity contribution in [2.24, 2.45) is 0 Å². The average molecular weight is 343 g/mol. The SMILES string of the molecule is O=C(c1cnccn1)N1CCOCC2(CCC(Cn3cccn3)O2)C1. The minimum Gasteiger partial charge on any atom is -0.377 e. The zero-order chi connectivity index (χ0) is 17.1. The summed E-state index contributed by atoms with van der Waals surface area (Å²) < 4.78 is 14.0. The van der Waals surface area contributed by atoms with E-state index in [1.165, 1.54) is 12.4 Å². The largest absolute Gasteiger partial charge is 0.377 e. The van der Waals surface area contributed by atoms with Gasteiger partial charge in [0.05, 0.1) is 38.6 Å². The molecule has 2 aliphatic rings. The number of rotatable bonds is 3. The summed E-state index contributed by atoms with van der Waals surface area (Å²) in [6, 6.07) is 1.90. The Morgan fingerprint density at radius 3 is 3.12 bits per heavy atom. The van der Waals surface area contributed by atoms with Gasteiger partial charge in [0.2, 0.25) is 0 Å². The second kappa shape index (κ2) is 6.89. The molecule has 0 radical (unpaired) electrons. The molecule has 8 nitrogen and oxygen atoms in total. The Morgan fingerprint density at radius 2 is 2.32 bits per heavy atom. The Morgan fingerprint density at radius 1 is 1.36 bits per heavy atom. The number of ether oxygens (including phenoxy) is 2. The van der Waals surface area contributed by atoms with Gasteiger partial charge in [0.15, 0.2) is 0 Å². The van der Waals surface area contributed by atoms with Crippen LogP contribution in [-0.4, -0.2) is 68.6 Å². The minimum absolute atomic E-state index is 0.0788. The lowest BCUT2D eigenvalue weighted by Gasteiger charge is -2.31. The van der Waals surface area contributed by atoms with Gasteiger partial charge in [-0.25, -0.2) is 4.98 Å². The quantitative estimate of drug-likeness (QED) is 0.818. The summed E-state index contributed by atoms with van der Waals surface area (Å²) in [4.78, 5) is 22.6. The van der Waals surface area contributed by atoms with Gasteiger partial charge in [-0.15, -0.1) is 0 Å². The predicted octanol–water partition coefficient (Wildman–Crippen LogP) is 0.763. The maximum absolute atomic E-state index is 12.7. The number of carbonyl (C=O) groups is 1. The maximum atomic E-state index is 12.7. The van der Waals surface area contributed by atoms with Gasteiger partial charge >= 0.3 is 0 Å². The molecule has 2 aromatic heterocycles. The van der Waals surface area contributed by atoms with E-state index in [4.69, 9.17) is 9.47 Å². The molecule has 2 atom stereocenters. The van der Waals surface area contributed by atoms with Crippen LogP contribution in [0.3, 0.4) is 0 Å². The molecule has 0 aromatic carbocycles. The Hall–Kier alpha value is -2.32. The number of carbonyl (C=O) groups excluding carboxylic acids is 1. The van der Waals surface area contributed by atoms with E-state index in [2.05, 4.69) is 15.1 Å². The number of nitrogens with zero attached hydrogens (tertiary/aromatic N) is 5. The van der Waals surface area contributed by atoms with Crippen molar-refractivity contribution < 1.29 is 14.3 Å². The van der Waals surface area contributed by atoms with Crippen LogP contribution in [0.25, 0.3) is 0 Å². The van der Waals surface area contributed by atoms with Crippen molar-refractivity contribution in [1.82, 2.24) is 24.6 Å². The van der Waals surface area contributed by atoms with E-state index < -0.39 is 5.60 Å². The molecule has 2 saturated heterocycles. The molecule has 0 aliphatic carbocycles. The molecule has 4 heterocycles. The van der Waals surface area contributed by atoms with Crippen LogP contribution in [0.15, 0.2) is 37.1 Å².